The zero-order valence-corrected chi connectivity index (χ0v) is 29.6. The highest BCUT2D eigenvalue weighted by Gasteiger charge is 2.90. The first-order chi connectivity index (χ1) is 24.1. The number of piperidine rings is 1. The summed E-state index contributed by atoms with van der Waals surface area (Å²) in [4.78, 5) is 31.1. The first-order valence-electron chi connectivity index (χ1n) is 18.0. The number of anilines is 1. The Morgan fingerprint density at radius 1 is 0.920 bits per heavy atom. The van der Waals surface area contributed by atoms with Crippen molar-refractivity contribution in [2.75, 3.05) is 53.9 Å². The molecule has 8 rings (SSSR count). The minimum Gasteiger partial charge on any atom is -0.455 e. The molecular formula is C39H50N2O9. The second-order valence-electron chi connectivity index (χ2n) is 15.6. The van der Waals surface area contributed by atoms with Gasteiger partial charge in [-0.2, -0.15) is 0 Å². The molecular weight excluding hydrogens is 640 g/mol. The van der Waals surface area contributed by atoms with E-state index in [0.29, 0.717) is 17.9 Å². The topological polar surface area (TPSA) is 139 Å². The highest BCUT2D eigenvalue weighted by molar-refractivity contribution is 5.95. The van der Waals surface area contributed by atoms with E-state index >= 15 is 0 Å². The van der Waals surface area contributed by atoms with Crippen LogP contribution in [0.4, 0.5) is 5.69 Å². The van der Waals surface area contributed by atoms with Crippen LogP contribution in [0.2, 0.25) is 0 Å². The number of benzene rings is 2. The Balaban J connectivity index is 1.39. The molecule has 1 spiro atoms. The summed E-state index contributed by atoms with van der Waals surface area (Å²) in [7, 11) is 6.86. The van der Waals surface area contributed by atoms with Crippen molar-refractivity contribution in [3.05, 3.63) is 65.7 Å². The average Bonchev–Trinajstić information content (AvgIpc) is 3.50. The maximum Gasteiger partial charge on any atom is 0.340 e. The van der Waals surface area contributed by atoms with Crippen molar-refractivity contribution in [2.45, 2.75) is 74.3 Å². The Morgan fingerprint density at radius 3 is 2.30 bits per heavy atom. The minimum atomic E-state index is -1.55. The largest absolute Gasteiger partial charge is 0.455 e. The van der Waals surface area contributed by atoms with Gasteiger partial charge in [-0.25, -0.2) is 9.59 Å². The molecule has 50 heavy (non-hydrogen) atoms. The van der Waals surface area contributed by atoms with Crippen LogP contribution in [-0.2, 0) is 28.4 Å². The Morgan fingerprint density at radius 2 is 1.64 bits per heavy atom. The molecule has 2 aromatic rings. The Bertz CT molecular complexity index is 1640. The molecule has 11 heteroatoms. The number of hydrogen-bond acceptors (Lipinski definition) is 11. The first kappa shape index (κ1) is 34.0. The highest BCUT2D eigenvalue weighted by Crippen LogP contribution is 2.80. The van der Waals surface area contributed by atoms with E-state index in [1.54, 1.807) is 77.0 Å². The van der Waals surface area contributed by atoms with Crippen LogP contribution in [-0.4, -0.2) is 112 Å². The van der Waals surface area contributed by atoms with Crippen molar-refractivity contribution in [1.82, 2.24) is 4.90 Å². The number of fused-ring (bicyclic) bond motifs is 2. The zero-order chi connectivity index (χ0) is 35.2. The molecule has 11 nitrogen and oxygen atoms in total. The quantitative estimate of drug-likeness (QED) is 0.280. The maximum atomic E-state index is 14.5. The van der Waals surface area contributed by atoms with Crippen LogP contribution in [0.1, 0.15) is 53.3 Å². The summed E-state index contributed by atoms with van der Waals surface area (Å²) in [5, 5.41) is 13.0. The summed E-state index contributed by atoms with van der Waals surface area (Å²) in [5.41, 5.74) is 3.68. The third-order valence-corrected chi connectivity index (χ3v) is 14.1. The molecule has 1 heterocycles. The van der Waals surface area contributed by atoms with E-state index in [0.717, 1.165) is 25.9 Å². The Hall–Kier alpha value is -3.06. The molecule has 13 atom stereocenters. The highest BCUT2D eigenvalue weighted by atomic mass is 16.6. The zero-order valence-electron chi connectivity index (χ0n) is 29.6. The fraction of sp³-hybridized carbons (Fsp3) is 0.641. The van der Waals surface area contributed by atoms with E-state index in [4.69, 9.17) is 34.2 Å². The van der Waals surface area contributed by atoms with Gasteiger partial charge in [-0.3, -0.25) is 4.90 Å². The summed E-state index contributed by atoms with van der Waals surface area (Å²) in [6, 6.07) is 15.6. The van der Waals surface area contributed by atoms with Gasteiger partial charge >= 0.3 is 11.9 Å². The van der Waals surface area contributed by atoms with Gasteiger partial charge in [0.15, 0.2) is 0 Å². The summed E-state index contributed by atoms with van der Waals surface area (Å²) < 4.78 is 39.0. The van der Waals surface area contributed by atoms with Crippen LogP contribution in [0, 0.1) is 34.5 Å². The van der Waals surface area contributed by atoms with Crippen LogP contribution in [0.25, 0.3) is 0 Å². The van der Waals surface area contributed by atoms with Gasteiger partial charge in [-0.1, -0.05) is 37.3 Å². The van der Waals surface area contributed by atoms with Crippen LogP contribution >= 0.6 is 0 Å². The maximum absolute atomic E-state index is 14.5. The number of nitrogens with two attached hydrogens (primary N) is 1. The lowest BCUT2D eigenvalue weighted by Gasteiger charge is -2.69. The van der Waals surface area contributed by atoms with E-state index in [1.165, 1.54) is 0 Å². The minimum absolute atomic E-state index is 0.0433. The molecule has 6 aliphatic rings. The van der Waals surface area contributed by atoms with Gasteiger partial charge in [-0.15, -0.1) is 0 Å². The average molecular weight is 691 g/mol. The molecule has 0 amide bonds. The van der Waals surface area contributed by atoms with E-state index in [-0.39, 0.29) is 59.8 Å². The number of hydrogen-bond donors (Lipinski definition) is 2. The van der Waals surface area contributed by atoms with Crippen molar-refractivity contribution < 1.29 is 43.1 Å². The summed E-state index contributed by atoms with van der Waals surface area (Å²) in [6.45, 7) is 4.27. The lowest BCUT2D eigenvalue weighted by Crippen LogP contribution is -2.77. The summed E-state index contributed by atoms with van der Waals surface area (Å²) in [5.74, 6) is -2.40. The normalized spacial score (nSPS) is 43.8. The van der Waals surface area contributed by atoms with Crippen molar-refractivity contribution in [2.24, 2.45) is 34.5 Å². The third kappa shape index (κ3) is 4.19. The van der Waals surface area contributed by atoms with E-state index < -0.39 is 46.7 Å². The van der Waals surface area contributed by atoms with Crippen molar-refractivity contribution in [3.63, 3.8) is 0 Å². The number of rotatable bonds is 10. The number of aliphatic hydroxyl groups is 1. The summed E-state index contributed by atoms with van der Waals surface area (Å²) in [6.07, 6.45) is -0.213. The van der Waals surface area contributed by atoms with E-state index in [1.807, 2.05) is 6.07 Å². The molecule has 5 aliphatic carbocycles. The van der Waals surface area contributed by atoms with E-state index in [9.17, 15) is 14.7 Å². The van der Waals surface area contributed by atoms with Gasteiger partial charge in [0.2, 0.25) is 0 Å². The van der Waals surface area contributed by atoms with E-state index in [2.05, 4.69) is 11.8 Å². The molecule has 1 aliphatic heterocycles. The van der Waals surface area contributed by atoms with Gasteiger partial charge in [0.1, 0.15) is 17.3 Å². The number of esters is 2. The second kappa shape index (κ2) is 12.0. The molecule has 1 saturated heterocycles. The lowest BCUT2D eigenvalue weighted by molar-refractivity contribution is -0.282. The monoisotopic (exact) mass is 690 g/mol. The second-order valence-corrected chi connectivity index (χ2v) is 15.6. The number of nitrogens with zero attached hydrogens (tertiary/aromatic N) is 1. The number of carbonyl (C=O) groups excluding carboxylic acids is 2. The van der Waals surface area contributed by atoms with Crippen LogP contribution in [0.3, 0.4) is 0 Å². The number of carbonyl (C=O) groups is 2. The molecule has 2 aromatic carbocycles. The standard InChI is InChI=1S/C39H50N2O9/c1-6-41-20-36(21-45-2)17-16-26(46-3)39-24-18-37(44)27(47-4)19-38(29(32(39)41)30(48-5)31(36)39,50-35(43)23-14-10-11-15-25(23)40)28(24)33(37)49-34(42)22-12-8-7-9-13-22/h7-15,24,26-33,44H,6,16-21,40H2,1-5H3/t24-,26?,27+,28-,29+,30+,31-,32-,33-,36+,37-,38-,39+/m1/s1. The van der Waals surface area contributed by atoms with Crippen molar-refractivity contribution >= 4 is 17.6 Å². The Labute approximate surface area is 293 Å². The van der Waals surface area contributed by atoms with Crippen LogP contribution < -0.4 is 5.73 Å². The molecule has 270 valence electrons. The van der Waals surface area contributed by atoms with Gasteiger partial charge in [0.05, 0.1) is 36.0 Å². The Kier molecular flexibility index (Phi) is 8.17. The number of nitrogen functional groups attached to an aromatic ring is 1. The number of para-hydroxylation sites is 1. The van der Waals surface area contributed by atoms with Gasteiger partial charge in [-0.05, 0) is 56.0 Å². The molecule has 3 N–H and O–H groups in total. The van der Waals surface area contributed by atoms with Gasteiger partial charge < -0.3 is 39.3 Å². The van der Waals surface area contributed by atoms with Gasteiger partial charge in [0.25, 0.3) is 0 Å². The fourth-order valence-electron chi connectivity index (χ4n) is 12.9. The number of ether oxygens (including phenoxy) is 6. The molecule has 6 fully saturated rings. The molecule has 0 radical (unpaired) electrons. The van der Waals surface area contributed by atoms with Crippen LogP contribution in [0.15, 0.2) is 54.6 Å². The lowest BCUT2D eigenvalue weighted by atomic mass is 9.43. The third-order valence-electron chi connectivity index (χ3n) is 14.1. The predicted molar refractivity (Wildman–Crippen MR) is 182 cm³/mol. The molecule has 7 bridgehead atoms. The molecule has 5 saturated carbocycles. The SMILES string of the molecule is CCN1C[C@]2(COC)CCC(OC)[C@@]34[C@@H]5C[C@@]6(O)[C@@H](OC)C[C@@](OC(=O)c7ccccc7N)([C@H]5[C@H]6OC(=O)c5ccccc5)[C@@H]([C@H](OC)[C@H]23)[C@@H]14. The molecule has 1 unspecified atom stereocenters. The van der Waals surface area contributed by atoms with Crippen LogP contribution in [0.5, 0.6) is 0 Å². The van der Waals surface area contributed by atoms with Gasteiger partial charge in [0, 0.05) is 81.7 Å². The summed E-state index contributed by atoms with van der Waals surface area (Å²) >= 11 is 0. The number of likely N-dealkylation sites (tertiary alicyclic amines) is 1. The molecule has 0 aromatic heterocycles. The van der Waals surface area contributed by atoms with Crippen molar-refractivity contribution in [3.8, 4) is 0 Å². The fourth-order valence-corrected chi connectivity index (χ4v) is 12.9. The first-order valence-corrected chi connectivity index (χ1v) is 18.0. The number of methoxy groups -OCH3 is 4. The van der Waals surface area contributed by atoms with Crippen molar-refractivity contribution in [1.29, 1.82) is 0 Å². The predicted octanol–water partition coefficient (Wildman–Crippen LogP) is 3.58. The smallest absolute Gasteiger partial charge is 0.340 e.